The molecule has 2 aliphatic rings. The molecule has 3 atom stereocenters. The molecule has 0 aliphatic carbocycles. The van der Waals surface area contributed by atoms with Gasteiger partial charge in [0.15, 0.2) is 0 Å². The second kappa shape index (κ2) is 9.22. The number of fused-ring (bicyclic) bond motifs is 3. The SMILES string of the molecule is CSCC[C@H](NC(=O)[C@H]1N2C(=O)c3ccccc3C2SC1(C)C)C(=O)NCC(C)C. The minimum atomic E-state index is -0.637. The molecule has 3 rings (SSSR count). The van der Waals surface area contributed by atoms with Crippen LogP contribution >= 0.6 is 23.5 Å². The summed E-state index contributed by atoms with van der Waals surface area (Å²) in [5.41, 5.74) is 1.63. The maximum absolute atomic E-state index is 13.4. The van der Waals surface area contributed by atoms with Crippen LogP contribution in [-0.2, 0) is 9.59 Å². The quantitative estimate of drug-likeness (QED) is 0.638. The van der Waals surface area contributed by atoms with Crippen LogP contribution in [0.4, 0.5) is 0 Å². The van der Waals surface area contributed by atoms with Crippen LogP contribution in [0.5, 0.6) is 0 Å². The largest absolute Gasteiger partial charge is 0.354 e. The number of nitrogens with one attached hydrogen (secondary N) is 2. The first-order chi connectivity index (χ1) is 14.2. The highest BCUT2D eigenvalue weighted by molar-refractivity contribution is 8.01. The van der Waals surface area contributed by atoms with E-state index in [9.17, 15) is 14.4 Å². The topological polar surface area (TPSA) is 78.5 Å². The molecule has 0 radical (unpaired) electrons. The Hall–Kier alpha value is -1.67. The second-order valence-electron chi connectivity index (χ2n) is 8.76. The van der Waals surface area contributed by atoms with Crippen LogP contribution in [0, 0.1) is 5.92 Å². The van der Waals surface area contributed by atoms with Crippen molar-refractivity contribution in [2.75, 3.05) is 18.6 Å². The molecular weight excluding hydrogens is 418 g/mol. The molecule has 1 aromatic carbocycles. The number of nitrogens with zero attached hydrogens (tertiary/aromatic N) is 1. The Balaban J connectivity index is 1.80. The second-order valence-corrected chi connectivity index (χ2v) is 11.5. The van der Waals surface area contributed by atoms with Gasteiger partial charge in [-0.25, -0.2) is 0 Å². The van der Waals surface area contributed by atoms with Crippen LogP contribution in [0.25, 0.3) is 0 Å². The van der Waals surface area contributed by atoms with E-state index in [0.717, 1.165) is 11.3 Å². The van der Waals surface area contributed by atoms with Gasteiger partial charge in [-0.15, -0.1) is 11.8 Å². The lowest BCUT2D eigenvalue weighted by atomic mass is 10.00. The summed E-state index contributed by atoms with van der Waals surface area (Å²) in [6, 6.07) is 6.31. The Bertz CT molecular complexity index is 828. The van der Waals surface area contributed by atoms with Crippen molar-refractivity contribution in [3.05, 3.63) is 35.4 Å². The number of rotatable bonds is 8. The Labute approximate surface area is 187 Å². The van der Waals surface area contributed by atoms with Crippen LogP contribution in [0.2, 0.25) is 0 Å². The van der Waals surface area contributed by atoms with Crippen LogP contribution in [0.1, 0.15) is 55.4 Å². The number of thioether (sulfide) groups is 2. The molecule has 6 nitrogen and oxygen atoms in total. The van der Waals surface area contributed by atoms with E-state index < -0.39 is 16.8 Å². The van der Waals surface area contributed by atoms with Crippen molar-refractivity contribution >= 4 is 41.2 Å². The monoisotopic (exact) mass is 449 g/mol. The number of hydrogen-bond acceptors (Lipinski definition) is 5. The third kappa shape index (κ3) is 4.49. The molecule has 30 heavy (non-hydrogen) atoms. The van der Waals surface area contributed by atoms with Gasteiger partial charge in [0.1, 0.15) is 17.5 Å². The average molecular weight is 450 g/mol. The van der Waals surface area contributed by atoms with Crippen molar-refractivity contribution in [2.24, 2.45) is 5.92 Å². The first-order valence-electron chi connectivity index (χ1n) is 10.3. The lowest BCUT2D eigenvalue weighted by Gasteiger charge is -2.31. The van der Waals surface area contributed by atoms with Gasteiger partial charge in [0.25, 0.3) is 5.91 Å². The Morgan fingerprint density at radius 1 is 1.27 bits per heavy atom. The molecule has 2 N–H and O–H groups in total. The molecular formula is C22H31N3O3S2. The van der Waals surface area contributed by atoms with Gasteiger partial charge in [-0.1, -0.05) is 32.0 Å². The summed E-state index contributed by atoms with van der Waals surface area (Å²) >= 11 is 3.27. The zero-order valence-electron chi connectivity index (χ0n) is 18.2. The standard InChI is InChI=1S/C22H31N3O3S2/c1-13(2)12-23-18(26)16(10-11-29-5)24-19(27)17-22(3,4)30-21-15-9-7-6-8-14(15)20(28)25(17)21/h6-9,13,16-17,21H,10-12H2,1-5H3,(H,23,26)(H,24,27)/t16-,17+,21?/m0/s1. The van der Waals surface area contributed by atoms with E-state index >= 15 is 0 Å². The van der Waals surface area contributed by atoms with E-state index in [4.69, 9.17) is 0 Å². The summed E-state index contributed by atoms with van der Waals surface area (Å²) in [7, 11) is 0. The molecule has 8 heteroatoms. The summed E-state index contributed by atoms with van der Waals surface area (Å²) in [4.78, 5) is 40.9. The summed E-state index contributed by atoms with van der Waals surface area (Å²) in [6.07, 6.45) is 2.53. The maximum atomic E-state index is 13.4. The van der Waals surface area contributed by atoms with Crippen molar-refractivity contribution in [1.29, 1.82) is 0 Å². The van der Waals surface area contributed by atoms with Gasteiger partial charge in [0.2, 0.25) is 11.8 Å². The molecule has 1 unspecified atom stereocenters. The number of hydrogen-bond donors (Lipinski definition) is 2. The minimum absolute atomic E-state index is 0.112. The summed E-state index contributed by atoms with van der Waals surface area (Å²) in [5, 5.41) is 5.72. The van der Waals surface area contributed by atoms with Crippen molar-refractivity contribution in [3.8, 4) is 0 Å². The molecule has 1 aromatic rings. The van der Waals surface area contributed by atoms with E-state index in [2.05, 4.69) is 10.6 Å². The Morgan fingerprint density at radius 2 is 1.97 bits per heavy atom. The zero-order valence-corrected chi connectivity index (χ0v) is 19.9. The summed E-state index contributed by atoms with van der Waals surface area (Å²) in [6.45, 7) is 8.62. The van der Waals surface area contributed by atoms with Gasteiger partial charge in [0, 0.05) is 16.9 Å². The first kappa shape index (κ1) is 23.0. The highest BCUT2D eigenvalue weighted by Gasteiger charge is 2.57. The fourth-order valence-corrected chi connectivity index (χ4v) is 6.05. The van der Waals surface area contributed by atoms with Crippen molar-refractivity contribution in [2.45, 2.75) is 56.3 Å². The number of amides is 3. The molecule has 0 aromatic heterocycles. The molecule has 1 fully saturated rings. The molecule has 0 bridgehead atoms. The highest BCUT2D eigenvalue weighted by atomic mass is 32.2. The molecule has 2 heterocycles. The van der Waals surface area contributed by atoms with Gasteiger partial charge in [-0.2, -0.15) is 11.8 Å². The minimum Gasteiger partial charge on any atom is -0.354 e. The number of carbonyl (C=O) groups is 3. The lowest BCUT2D eigenvalue weighted by Crippen LogP contribution is -2.57. The predicted octanol–water partition coefficient (Wildman–Crippen LogP) is 3.05. The first-order valence-corrected chi connectivity index (χ1v) is 12.6. The van der Waals surface area contributed by atoms with E-state index in [1.165, 1.54) is 0 Å². The van der Waals surface area contributed by atoms with E-state index in [1.807, 2.05) is 58.2 Å². The predicted molar refractivity (Wildman–Crippen MR) is 124 cm³/mol. The highest BCUT2D eigenvalue weighted by Crippen LogP contribution is 2.56. The Morgan fingerprint density at radius 3 is 2.63 bits per heavy atom. The third-order valence-electron chi connectivity index (χ3n) is 5.47. The molecule has 1 saturated heterocycles. The Kier molecular flexibility index (Phi) is 7.07. The normalized spacial score (nSPS) is 22.6. The van der Waals surface area contributed by atoms with Gasteiger partial charge >= 0.3 is 0 Å². The molecule has 3 amide bonds. The molecule has 164 valence electrons. The molecule has 0 spiro atoms. The van der Waals surface area contributed by atoms with Crippen LogP contribution in [0.3, 0.4) is 0 Å². The van der Waals surface area contributed by atoms with E-state index in [1.54, 1.807) is 28.4 Å². The van der Waals surface area contributed by atoms with Crippen molar-refractivity contribution < 1.29 is 14.4 Å². The van der Waals surface area contributed by atoms with Crippen molar-refractivity contribution in [1.82, 2.24) is 15.5 Å². The number of benzene rings is 1. The van der Waals surface area contributed by atoms with E-state index in [-0.39, 0.29) is 23.1 Å². The average Bonchev–Trinajstić information content (AvgIpc) is 3.12. The fraction of sp³-hybridized carbons (Fsp3) is 0.591. The van der Waals surface area contributed by atoms with Crippen LogP contribution in [-0.4, -0.2) is 58.0 Å². The van der Waals surface area contributed by atoms with Gasteiger partial charge in [-0.3, -0.25) is 14.4 Å². The lowest BCUT2D eigenvalue weighted by molar-refractivity contribution is -0.131. The molecule has 0 saturated carbocycles. The van der Waals surface area contributed by atoms with Crippen molar-refractivity contribution in [3.63, 3.8) is 0 Å². The summed E-state index contributed by atoms with van der Waals surface area (Å²) < 4.78 is -0.462. The smallest absolute Gasteiger partial charge is 0.256 e. The van der Waals surface area contributed by atoms with E-state index in [0.29, 0.717) is 24.4 Å². The third-order valence-corrected chi connectivity index (χ3v) is 7.65. The van der Waals surface area contributed by atoms with Gasteiger partial charge in [-0.05, 0) is 49.8 Å². The van der Waals surface area contributed by atoms with Crippen LogP contribution in [0.15, 0.2) is 24.3 Å². The maximum Gasteiger partial charge on any atom is 0.256 e. The van der Waals surface area contributed by atoms with Crippen LogP contribution < -0.4 is 10.6 Å². The molecule has 2 aliphatic heterocycles. The fourth-order valence-electron chi connectivity index (χ4n) is 3.99. The van der Waals surface area contributed by atoms with Gasteiger partial charge in [0.05, 0.1) is 0 Å². The summed E-state index contributed by atoms with van der Waals surface area (Å²) in [5.74, 6) is 0.555. The number of carbonyl (C=O) groups excluding carboxylic acids is 3. The zero-order chi connectivity index (χ0) is 22.1. The van der Waals surface area contributed by atoms with Gasteiger partial charge < -0.3 is 15.5 Å².